The lowest BCUT2D eigenvalue weighted by atomic mass is 10.1. The molecule has 0 aliphatic carbocycles. The second-order valence-corrected chi connectivity index (χ2v) is 6.93. The number of halogens is 1. The summed E-state index contributed by atoms with van der Waals surface area (Å²) in [6.07, 6.45) is -0.650. The minimum Gasteiger partial charge on any atom is -0.478 e. The number of carbonyl (C=O) groups excluding carboxylic acids is 2. The second-order valence-electron chi connectivity index (χ2n) is 6.93. The second kappa shape index (κ2) is 8.83. The standard InChI is InChI=1S/C25H20FNO4/c1-2-19(30-21-15-9-7-13-18(21)26)25(29)27-22-17-12-6-8-14-20(17)31-24(22)23(28)16-10-4-3-5-11-16/h3-15,19H,2H2,1H3,(H,27,29)/t19-/m1/s1. The summed E-state index contributed by atoms with van der Waals surface area (Å²) in [6.45, 7) is 1.76. The first kappa shape index (κ1) is 20.3. The summed E-state index contributed by atoms with van der Waals surface area (Å²) >= 11 is 0. The van der Waals surface area contributed by atoms with Gasteiger partial charge >= 0.3 is 0 Å². The van der Waals surface area contributed by atoms with Crippen LogP contribution in [0.1, 0.15) is 29.5 Å². The van der Waals surface area contributed by atoms with Gasteiger partial charge in [0.15, 0.2) is 23.4 Å². The SMILES string of the molecule is CC[C@@H](Oc1ccccc1F)C(=O)Nc1c(C(=O)c2ccccc2)oc2ccccc12. The minimum absolute atomic E-state index is 0.0119. The molecule has 0 saturated carbocycles. The van der Waals surface area contributed by atoms with Gasteiger partial charge in [-0.05, 0) is 30.7 Å². The van der Waals surface area contributed by atoms with Gasteiger partial charge in [0, 0.05) is 10.9 Å². The van der Waals surface area contributed by atoms with Crippen LogP contribution < -0.4 is 10.1 Å². The highest BCUT2D eigenvalue weighted by atomic mass is 19.1. The molecule has 156 valence electrons. The van der Waals surface area contributed by atoms with Gasteiger partial charge in [0.2, 0.25) is 5.78 Å². The molecular formula is C25H20FNO4. The van der Waals surface area contributed by atoms with Crippen LogP contribution in [0.4, 0.5) is 10.1 Å². The van der Waals surface area contributed by atoms with Crippen LogP contribution in [0.15, 0.2) is 83.3 Å². The number of amides is 1. The molecule has 4 aromatic rings. The zero-order chi connectivity index (χ0) is 21.8. The third kappa shape index (κ3) is 4.19. The Kier molecular flexibility index (Phi) is 5.80. The molecule has 0 unspecified atom stereocenters. The van der Waals surface area contributed by atoms with E-state index in [1.807, 2.05) is 6.07 Å². The number of carbonyl (C=O) groups is 2. The van der Waals surface area contributed by atoms with Crippen LogP contribution in [0.25, 0.3) is 11.0 Å². The molecule has 0 saturated heterocycles. The first-order valence-corrected chi connectivity index (χ1v) is 9.91. The van der Waals surface area contributed by atoms with Crippen LogP contribution in [0.5, 0.6) is 5.75 Å². The fourth-order valence-electron chi connectivity index (χ4n) is 3.27. The van der Waals surface area contributed by atoms with Crippen molar-refractivity contribution in [2.75, 3.05) is 5.32 Å². The number of benzene rings is 3. The van der Waals surface area contributed by atoms with Crippen LogP contribution in [0, 0.1) is 5.82 Å². The number of nitrogens with one attached hydrogen (secondary N) is 1. The minimum atomic E-state index is -0.953. The van der Waals surface area contributed by atoms with Crippen LogP contribution in [0.2, 0.25) is 0 Å². The van der Waals surface area contributed by atoms with E-state index in [-0.39, 0.29) is 23.0 Å². The van der Waals surface area contributed by atoms with Crippen molar-refractivity contribution in [3.05, 3.63) is 96.0 Å². The Morgan fingerprint density at radius 3 is 2.39 bits per heavy atom. The van der Waals surface area contributed by atoms with E-state index < -0.39 is 17.8 Å². The van der Waals surface area contributed by atoms with E-state index in [4.69, 9.17) is 9.15 Å². The lowest BCUT2D eigenvalue weighted by molar-refractivity contribution is -0.122. The summed E-state index contributed by atoms with van der Waals surface area (Å²) in [4.78, 5) is 26.1. The Morgan fingerprint density at radius 1 is 0.968 bits per heavy atom. The van der Waals surface area contributed by atoms with Gasteiger partial charge in [-0.15, -0.1) is 0 Å². The summed E-state index contributed by atoms with van der Waals surface area (Å²) in [6, 6.07) is 21.6. The number of ketones is 1. The maximum Gasteiger partial charge on any atom is 0.265 e. The fraction of sp³-hybridized carbons (Fsp3) is 0.120. The monoisotopic (exact) mass is 417 g/mol. The molecule has 1 amide bonds. The number of hydrogen-bond donors (Lipinski definition) is 1. The van der Waals surface area contributed by atoms with E-state index >= 15 is 0 Å². The van der Waals surface area contributed by atoms with Crippen molar-refractivity contribution < 1.29 is 23.1 Å². The summed E-state index contributed by atoms with van der Waals surface area (Å²) < 4.78 is 25.4. The van der Waals surface area contributed by atoms with Gasteiger partial charge in [-0.1, -0.05) is 61.5 Å². The molecular weight excluding hydrogens is 397 g/mol. The van der Waals surface area contributed by atoms with Gasteiger partial charge in [-0.25, -0.2) is 4.39 Å². The summed E-state index contributed by atoms with van der Waals surface area (Å²) in [5.74, 6) is -1.39. The van der Waals surface area contributed by atoms with Crippen molar-refractivity contribution in [2.45, 2.75) is 19.4 Å². The Hall–Kier alpha value is -3.93. The lowest BCUT2D eigenvalue weighted by Gasteiger charge is -2.17. The maximum atomic E-state index is 14.0. The van der Waals surface area contributed by atoms with E-state index in [9.17, 15) is 14.0 Å². The van der Waals surface area contributed by atoms with Gasteiger partial charge in [0.1, 0.15) is 5.58 Å². The van der Waals surface area contributed by atoms with Crippen molar-refractivity contribution in [2.24, 2.45) is 0 Å². The third-order valence-corrected chi connectivity index (χ3v) is 4.85. The number of fused-ring (bicyclic) bond motifs is 1. The molecule has 0 spiro atoms. The summed E-state index contributed by atoms with van der Waals surface area (Å²) in [5.41, 5.74) is 1.18. The van der Waals surface area contributed by atoms with Crippen molar-refractivity contribution in [3.63, 3.8) is 0 Å². The van der Waals surface area contributed by atoms with Gasteiger partial charge in [-0.2, -0.15) is 0 Å². The Balaban J connectivity index is 1.67. The molecule has 4 rings (SSSR count). The molecule has 5 nitrogen and oxygen atoms in total. The predicted octanol–water partition coefficient (Wildman–Crippen LogP) is 5.60. The number of rotatable bonds is 7. The molecule has 1 atom stereocenters. The highest BCUT2D eigenvalue weighted by molar-refractivity contribution is 6.17. The van der Waals surface area contributed by atoms with Crippen LogP contribution in [-0.2, 0) is 4.79 Å². The van der Waals surface area contributed by atoms with Crippen molar-refractivity contribution in [1.29, 1.82) is 0 Å². The van der Waals surface area contributed by atoms with E-state index in [0.717, 1.165) is 0 Å². The lowest BCUT2D eigenvalue weighted by Crippen LogP contribution is -2.33. The topological polar surface area (TPSA) is 68.5 Å². The van der Waals surface area contributed by atoms with Gasteiger partial charge < -0.3 is 14.5 Å². The number of anilines is 1. The molecule has 1 aromatic heterocycles. The quantitative estimate of drug-likeness (QED) is 0.398. The van der Waals surface area contributed by atoms with Crippen LogP contribution >= 0.6 is 0 Å². The number of ether oxygens (including phenoxy) is 1. The first-order chi connectivity index (χ1) is 15.1. The van der Waals surface area contributed by atoms with E-state index in [1.54, 1.807) is 67.6 Å². The van der Waals surface area contributed by atoms with Gasteiger partial charge in [0.25, 0.3) is 5.91 Å². The first-order valence-electron chi connectivity index (χ1n) is 9.91. The van der Waals surface area contributed by atoms with Crippen molar-refractivity contribution in [3.8, 4) is 5.75 Å². The number of hydrogen-bond acceptors (Lipinski definition) is 4. The molecule has 0 radical (unpaired) electrons. The Labute approximate surface area is 178 Å². The normalized spacial score (nSPS) is 11.8. The van der Waals surface area contributed by atoms with Crippen LogP contribution in [-0.4, -0.2) is 17.8 Å². The van der Waals surface area contributed by atoms with Crippen molar-refractivity contribution in [1.82, 2.24) is 0 Å². The summed E-state index contributed by atoms with van der Waals surface area (Å²) in [7, 11) is 0. The number of para-hydroxylation sites is 2. The molecule has 0 fully saturated rings. The third-order valence-electron chi connectivity index (χ3n) is 4.85. The zero-order valence-corrected chi connectivity index (χ0v) is 16.8. The predicted molar refractivity (Wildman–Crippen MR) is 116 cm³/mol. The zero-order valence-electron chi connectivity index (χ0n) is 16.8. The van der Waals surface area contributed by atoms with Gasteiger partial charge in [-0.3, -0.25) is 9.59 Å². The largest absolute Gasteiger partial charge is 0.478 e. The van der Waals surface area contributed by atoms with E-state index in [0.29, 0.717) is 23.0 Å². The molecule has 0 bridgehead atoms. The van der Waals surface area contributed by atoms with Gasteiger partial charge in [0.05, 0.1) is 5.69 Å². The molecule has 1 N–H and O–H groups in total. The maximum absolute atomic E-state index is 14.0. The Morgan fingerprint density at radius 2 is 1.65 bits per heavy atom. The van der Waals surface area contributed by atoms with E-state index in [1.165, 1.54) is 12.1 Å². The molecule has 31 heavy (non-hydrogen) atoms. The Bertz CT molecular complexity index is 1230. The average molecular weight is 417 g/mol. The molecule has 1 heterocycles. The molecule has 0 aliphatic rings. The highest BCUT2D eigenvalue weighted by Crippen LogP contribution is 2.33. The smallest absolute Gasteiger partial charge is 0.265 e. The van der Waals surface area contributed by atoms with E-state index in [2.05, 4.69) is 5.32 Å². The molecule has 3 aromatic carbocycles. The summed E-state index contributed by atoms with van der Waals surface area (Å²) in [5, 5.41) is 3.37. The average Bonchev–Trinajstić information content (AvgIpc) is 3.17. The van der Waals surface area contributed by atoms with Crippen LogP contribution in [0.3, 0.4) is 0 Å². The fourth-order valence-corrected chi connectivity index (χ4v) is 3.27. The van der Waals surface area contributed by atoms with Crippen molar-refractivity contribution >= 4 is 28.3 Å². The molecule has 0 aliphatic heterocycles. The molecule has 6 heteroatoms. The highest BCUT2D eigenvalue weighted by Gasteiger charge is 2.27. The number of furan rings is 1.